The van der Waals surface area contributed by atoms with Gasteiger partial charge in [0, 0.05) is 22.5 Å². The lowest BCUT2D eigenvalue weighted by Gasteiger charge is -2.61. The number of benzene rings is 8. The topological polar surface area (TPSA) is 3.24 Å². The van der Waals surface area contributed by atoms with Gasteiger partial charge >= 0.3 is 0 Å². The van der Waals surface area contributed by atoms with Gasteiger partial charge in [-0.3, -0.25) is 0 Å². The maximum absolute atomic E-state index is 9.50. The number of fused-ring (bicyclic) bond motifs is 6. The molecular formula is C59H47N. The molecule has 0 atom stereocenters. The summed E-state index contributed by atoms with van der Waals surface area (Å²) in [4.78, 5) is 1.95. The number of hydrogen-bond donors (Lipinski definition) is 0. The van der Waals surface area contributed by atoms with E-state index in [1.54, 1.807) is 0 Å². The summed E-state index contributed by atoms with van der Waals surface area (Å²) in [6, 6.07) is 59.6. The monoisotopic (exact) mass is 774 g/mol. The summed E-state index contributed by atoms with van der Waals surface area (Å²) in [6.07, 6.45) is 6.43. The van der Waals surface area contributed by atoms with Crippen molar-refractivity contribution in [2.24, 2.45) is 23.7 Å². The van der Waals surface area contributed by atoms with Crippen LogP contribution in [0.1, 0.15) is 72.3 Å². The van der Waals surface area contributed by atoms with E-state index in [4.69, 9.17) is 4.11 Å². The standard InChI is InChI=1S/C59H47N/c1-5-15-41(16-6-1)42-25-28-52-53-37-48(27-30-55(53)59(56(52)36-42)45-32-39-31-40(34-45)35-46(59)33-39)60(47-21-11-4-12-22-47)49-26-29-51-50-23-13-14-24-54(50)58(57(51)38-49,43-17-7-2-8-18-43)44-19-9-3-10-20-44/h1-30,36-40,45-46H,31-35H2/i4D,11D,12D,21D,22D. The van der Waals surface area contributed by atoms with E-state index in [0.717, 1.165) is 51.0 Å². The molecule has 0 radical (unpaired) electrons. The Morgan fingerprint density at radius 2 is 0.967 bits per heavy atom. The minimum atomic E-state index is -0.685. The molecule has 4 saturated carbocycles. The van der Waals surface area contributed by atoms with Crippen molar-refractivity contribution in [3.05, 3.63) is 233 Å². The van der Waals surface area contributed by atoms with E-state index in [9.17, 15) is 2.74 Å². The highest BCUT2D eigenvalue weighted by atomic mass is 15.1. The van der Waals surface area contributed by atoms with Crippen molar-refractivity contribution >= 4 is 17.1 Å². The third-order valence-electron chi connectivity index (χ3n) is 15.4. The first-order chi connectivity index (χ1) is 31.8. The Bertz CT molecular complexity index is 3140. The highest BCUT2D eigenvalue weighted by Gasteiger charge is 2.61. The summed E-state index contributed by atoms with van der Waals surface area (Å²) < 4.78 is 45.5. The number of anilines is 3. The second-order valence-electron chi connectivity index (χ2n) is 18.1. The van der Waals surface area contributed by atoms with E-state index in [2.05, 4.69) is 170 Å². The molecule has 8 aromatic carbocycles. The molecule has 4 bridgehead atoms. The summed E-state index contributed by atoms with van der Waals surface area (Å²) in [5, 5.41) is 0. The molecule has 1 spiro atoms. The van der Waals surface area contributed by atoms with E-state index in [-0.39, 0.29) is 35.3 Å². The smallest absolute Gasteiger partial charge is 0.0714 e. The highest BCUT2D eigenvalue weighted by molar-refractivity contribution is 5.92. The van der Waals surface area contributed by atoms with E-state index in [1.807, 2.05) is 4.90 Å². The second-order valence-corrected chi connectivity index (χ2v) is 18.1. The normalized spacial score (nSPS) is 24.4. The van der Waals surface area contributed by atoms with Crippen LogP contribution in [-0.4, -0.2) is 0 Å². The van der Waals surface area contributed by atoms with Crippen molar-refractivity contribution in [2.75, 3.05) is 4.90 Å². The van der Waals surface area contributed by atoms with Gasteiger partial charge in [0.15, 0.2) is 0 Å². The molecule has 6 aliphatic rings. The third kappa shape index (κ3) is 4.69. The quantitative estimate of drug-likeness (QED) is 0.163. The molecule has 0 heterocycles. The van der Waals surface area contributed by atoms with Gasteiger partial charge in [-0.05, 0) is 165 Å². The number of para-hydroxylation sites is 1. The molecular weight excluding hydrogens is 723 g/mol. The molecule has 0 aromatic heterocycles. The van der Waals surface area contributed by atoms with Crippen LogP contribution in [0.3, 0.4) is 0 Å². The van der Waals surface area contributed by atoms with Crippen LogP contribution in [0, 0.1) is 23.7 Å². The lowest BCUT2D eigenvalue weighted by Crippen LogP contribution is -2.55. The zero-order chi connectivity index (χ0) is 43.8. The fourth-order valence-electron chi connectivity index (χ4n) is 13.5. The summed E-state index contributed by atoms with van der Waals surface area (Å²) in [7, 11) is 0. The molecule has 1 nitrogen and oxygen atoms in total. The average molecular weight is 775 g/mol. The molecule has 1 heteroatoms. The van der Waals surface area contributed by atoms with Crippen LogP contribution < -0.4 is 4.90 Å². The maximum Gasteiger partial charge on any atom is 0.0714 e. The number of hydrogen-bond acceptors (Lipinski definition) is 1. The van der Waals surface area contributed by atoms with Crippen LogP contribution >= 0.6 is 0 Å². The van der Waals surface area contributed by atoms with E-state index >= 15 is 0 Å². The zero-order valence-corrected chi connectivity index (χ0v) is 33.5. The molecule has 0 amide bonds. The largest absolute Gasteiger partial charge is 0.310 e. The molecule has 288 valence electrons. The molecule has 6 aliphatic carbocycles. The predicted molar refractivity (Wildman–Crippen MR) is 247 cm³/mol. The zero-order valence-electron chi connectivity index (χ0n) is 38.5. The number of rotatable bonds is 6. The first kappa shape index (κ1) is 29.7. The van der Waals surface area contributed by atoms with Gasteiger partial charge in [-0.25, -0.2) is 0 Å². The van der Waals surface area contributed by atoms with Gasteiger partial charge in [0.2, 0.25) is 0 Å². The average Bonchev–Trinajstić information content (AvgIpc) is 3.81. The van der Waals surface area contributed by atoms with Crippen molar-refractivity contribution in [3.63, 3.8) is 0 Å². The van der Waals surface area contributed by atoms with Crippen LogP contribution in [0.5, 0.6) is 0 Å². The minimum absolute atomic E-state index is 0.0900. The Hall–Kier alpha value is -6.44. The molecule has 14 rings (SSSR count). The van der Waals surface area contributed by atoms with Crippen LogP contribution in [0.25, 0.3) is 33.4 Å². The number of nitrogens with zero attached hydrogens (tertiary/aromatic N) is 1. The fourth-order valence-corrected chi connectivity index (χ4v) is 13.5. The van der Waals surface area contributed by atoms with E-state index < -0.39 is 11.5 Å². The van der Waals surface area contributed by atoms with Crippen LogP contribution in [0.15, 0.2) is 200 Å². The van der Waals surface area contributed by atoms with Crippen molar-refractivity contribution in [1.82, 2.24) is 0 Å². The molecule has 0 aliphatic heterocycles. The molecule has 4 fully saturated rings. The van der Waals surface area contributed by atoms with Gasteiger partial charge in [0.1, 0.15) is 0 Å². The predicted octanol–water partition coefficient (Wildman–Crippen LogP) is 14.9. The van der Waals surface area contributed by atoms with Crippen molar-refractivity contribution in [1.29, 1.82) is 0 Å². The van der Waals surface area contributed by atoms with Gasteiger partial charge in [-0.1, -0.05) is 158 Å². The van der Waals surface area contributed by atoms with Gasteiger partial charge in [-0.2, -0.15) is 0 Å². The summed E-state index contributed by atoms with van der Waals surface area (Å²) in [6.45, 7) is 0. The molecule has 0 saturated heterocycles. The Labute approximate surface area is 361 Å². The lowest BCUT2D eigenvalue weighted by atomic mass is 9.43. The van der Waals surface area contributed by atoms with Crippen LogP contribution in [-0.2, 0) is 10.8 Å². The fraction of sp³-hybridized carbons (Fsp3) is 0.186. The van der Waals surface area contributed by atoms with Crippen LogP contribution in [0.2, 0.25) is 0 Å². The molecule has 8 aromatic rings. The maximum atomic E-state index is 9.50. The SMILES string of the molecule is [2H]c1c([2H])c([2H])c(N(c2ccc3c(c2)-c2ccc(-c4ccccc4)cc2C32C3CC4CC(C3)CC2C4)c2ccc3c(c2)C(c2ccccc2)(c2ccccc2)c2ccccc2-3)c([2H])c1[2H]. The van der Waals surface area contributed by atoms with Gasteiger partial charge in [-0.15, -0.1) is 0 Å². The summed E-state index contributed by atoms with van der Waals surface area (Å²) >= 11 is 0. The van der Waals surface area contributed by atoms with E-state index in [0.29, 0.717) is 11.8 Å². The van der Waals surface area contributed by atoms with Crippen molar-refractivity contribution < 1.29 is 6.85 Å². The van der Waals surface area contributed by atoms with Gasteiger partial charge in [0.25, 0.3) is 0 Å². The Morgan fingerprint density at radius 3 is 1.67 bits per heavy atom. The second kappa shape index (κ2) is 13.0. The summed E-state index contributed by atoms with van der Waals surface area (Å²) in [5.74, 6) is 2.73. The Balaban J connectivity index is 1.07. The van der Waals surface area contributed by atoms with E-state index in [1.165, 1.54) is 71.0 Å². The van der Waals surface area contributed by atoms with Gasteiger partial charge < -0.3 is 4.90 Å². The third-order valence-corrected chi connectivity index (χ3v) is 15.4. The minimum Gasteiger partial charge on any atom is -0.310 e. The van der Waals surface area contributed by atoms with Crippen molar-refractivity contribution in [3.8, 4) is 33.4 Å². The molecule has 60 heavy (non-hydrogen) atoms. The Kier molecular flexibility index (Phi) is 6.45. The molecule has 0 unspecified atom stereocenters. The highest BCUT2D eigenvalue weighted by Crippen LogP contribution is 2.70. The first-order valence-electron chi connectivity index (χ1n) is 24.4. The molecule has 0 N–H and O–H groups in total. The van der Waals surface area contributed by atoms with Crippen molar-refractivity contribution in [2.45, 2.75) is 42.9 Å². The first-order valence-corrected chi connectivity index (χ1v) is 21.9. The lowest BCUT2D eigenvalue weighted by molar-refractivity contribution is -0.0399. The van der Waals surface area contributed by atoms with Gasteiger partial charge in [0.05, 0.1) is 12.3 Å². The van der Waals surface area contributed by atoms with Crippen LogP contribution in [0.4, 0.5) is 17.1 Å². The summed E-state index contributed by atoms with van der Waals surface area (Å²) in [5.41, 5.74) is 15.4. The Morgan fingerprint density at radius 1 is 0.400 bits per heavy atom.